The molecule has 9 heteroatoms. The van der Waals surface area contributed by atoms with Gasteiger partial charge in [-0.15, -0.1) is 0 Å². The zero-order chi connectivity index (χ0) is 19.2. The van der Waals surface area contributed by atoms with Crippen LogP contribution in [-0.4, -0.2) is 38.6 Å². The number of amides is 1. The van der Waals surface area contributed by atoms with Crippen LogP contribution in [0, 0.1) is 0 Å². The van der Waals surface area contributed by atoms with Gasteiger partial charge < -0.3 is 14.0 Å². The fraction of sp³-hybridized carbons (Fsp3) is 0.389. The second kappa shape index (κ2) is 6.40. The van der Waals surface area contributed by atoms with Gasteiger partial charge in [0, 0.05) is 43.2 Å². The maximum atomic E-state index is 12.7. The number of fused-ring (bicyclic) bond motifs is 1. The molecule has 0 spiro atoms. The second-order valence-electron chi connectivity index (χ2n) is 6.74. The third-order valence-electron chi connectivity index (χ3n) is 4.91. The summed E-state index contributed by atoms with van der Waals surface area (Å²) in [6.45, 7) is 0.755. The molecule has 1 fully saturated rings. The minimum Gasteiger partial charge on any atom is -0.350 e. The lowest BCUT2D eigenvalue weighted by Crippen LogP contribution is -2.30. The molecule has 3 aromatic rings. The van der Waals surface area contributed by atoms with Gasteiger partial charge in [-0.25, -0.2) is 0 Å². The molecular weight excluding hydrogens is 361 g/mol. The van der Waals surface area contributed by atoms with E-state index >= 15 is 0 Å². The molecular formula is C18H17F3N4O2. The summed E-state index contributed by atoms with van der Waals surface area (Å²) in [5.41, 5.74) is 1.98. The molecule has 0 bridgehead atoms. The van der Waals surface area contributed by atoms with Crippen LogP contribution in [-0.2, 0) is 24.4 Å². The number of benzene rings is 1. The molecule has 0 radical (unpaired) electrons. The van der Waals surface area contributed by atoms with Crippen molar-refractivity contribution in [3.8, 4) is 0 Å². The zero-order valence-electron chi connectivity index (χ0n) is 14.5. The minimum absolute atomic E-state index is 0.00258. The highest BCUT2D eigenvalue weighted by atomic mass is 19.4. The number of likely N-dealkylation sites (tertiary alicyclic amines) is 1. The number of carbonyl (C=O) groups excluding carboxylic acids is 1. The summed E-state index contributed by atoms with van der Waals surface area (Å²) in [4.78, 5) is 17.8. The van der Waals surface area contributed by atoms with Crippen molar-refractivity contribution in [2.75, 3.05) is 13.1 Å². The Balaban J connectivity index is 1.45. The molecule has 0 aliphatic carbocycles. The van der Waals surface area contributed by atoms with E-state index in [9.17, 15) is 18.0 Å². The van der Waals surface area contributed by atoms with Gasteiger partial charge in [0.05, 0.1) is 6.42 Å². The third-order valence-corrected chi connectivity index (χ3v) is 4.91. The molecule has 0 saturated carbocycles. The van der Waals surface area contributed by atoms with Crippen LogP contribution < -0.4 is 0 Å². The van der Waals surface area contributed by atoms with E-state index in [0.717, 1.165) is 16.5 Å². The van der Waals surface area contributed by atoms with Crippen molar-refractivity contribution in [2.24, 2.45) is 7.05 Å². The molecule has 1 aliphatic rings. The van der Waals surface area contributed by atoms with Crippen LogP contribution in [0.2, 0.25) is 0 Å². The number of nitrogens with zero attached hydrogens (tertiary/aromatic N) is 4. The number of hydrogen-bond acceptors (Lipinski definition) is 4. The summed E-state index contributed by atoms with van der Waals surface area (Å²) < 4.78 is 44.1. The van der Waals surface area contributed by atoms with Gasteiger partial charge in [-0.3, -0.25) is 4.79 Å². The normalized spacial score (nSPS) is 17.8. The highest BCUT2D eigenvalue weighted by Crippen LogP contribution is 2.31. The topological polar surface area (TPSA) is 64.2 Å². The molecule has 27 heavy (non-hydrogen) atoms. The number of hydrogen-bond donors (Lipinski definition) is 0. The Morgan fingerprint density at radius 1 is 1.33 bits per heavy atom. The van der Waals surface area contributed by atoms with E-state index < -0.39 is 12.1 Å². The van der Waals surface area contributed by atoms with Gasteiger partial charge in [-0.1, -0.05) is 23.4 Å². The molecule has 1 amide bonds. The Bertz CT molecular complexity index is 992. The first-order chi connectivity index (χ1) is 12.8. The monoisotopic (exact) mass is 378 g/mol. The lowest BCUT2D eigenvalue weighted by atomic mass is 10.1. The van der Waals surface area contributed by atoms with Gasteiger partial charge in [0.25, 0.3) is 0 Å². The molecule has 1 saturated heterocycles. The van der Waals surface area contributed by atoms with Crippen molar-refractivity contribution in [3.05, 3.63) is 47.7 Å². The summed E-state index contributed by atoms with van der Waals surface area (Å²) >= 11 is 0. The Morgan fingerprint density at radius 3 is 2.85 bits per heavy atom. The minimum atomic E-state index is -4.66. The van der Waals surface area contributed by atoms with Gasteiger partial charge in [-0.05, 0) is 18.1 Å². The molecule has 3 heterocycles. The van der Waals surface area contributed by atoms with E-state index in [4.69, 9.17) is 0 Å². The van der Waals surface area contributed by atoms with Crippen molar-refractivity contribution in [2.45, 2.75) is 24.9 Å². The molecule has 142 valence electrons. The number of para-hydroxylation sites is 1. The summed E-state index contributed by atoms with van der Waals surface area (Å²) in [5, 5.41) is 4.46. The molecule has 0 unspecified atom stereocenters. The van der Waals surface area contributed by atoms with Gasteiger partial charge in [-0.2, -0.15) is 18.2 Å². The van der Waals surface area contributed by atoms with Crippen LogP contribution in [0.5, 0.6) is 0 Å². The van der Waals surface area contributed by atoms with Gasteiger partial charge in [0.15, 0.2) is 5.82 Å². The van der Waals surface area contributed by atoms with Crippen LogP contribution in [0.4, 0.5) is 13.2 Å². The average Bonchev–Trinajstić information content (AvgIpc) is 3.33. The highest BCUT2D eigenvalue weighted by molar-refractivity contribution is 5.89. The highest BCUT2D eigenvalue weighted by Gasteiger charge is 2.40. The summed E-state index contributed by atoms with van der Waals surface area (Å²) in [6.07, 6.45) is -1.97. The van der Waals surface area contributed by atoms with Crippen molar-refractivity contribution in [1.29, 1.82) is 0 Å². The quantitative estimate of drug-likeness (QED) is 0.702. The predicted octanol–water partition coefficient (Wildman–Crippen LogP) is 3.14. The van der Waals surface area contributed by atoms with E-state index in [0.29, 0.717) is 19.5 Å². The summed E-state index contributed by atoms with van der Waals surface area (Å²) in [5.74, 6) is -1.75. The number of rotatable bonds is 3. The Hall–Kier alpha value is -2.84. The lowest BCUT2D eigenvalue weighted by Gasteiger charge is -2.15. The van der Waals surface area contributed by atoms with E-state index in [1.807, 2.05) is 42.1 Å². The summed E-state index contributed by atoms with van der Waals surface area (Å²) in [7, 11) is 1.93. The average molecular weight is 378 g/mol. The van der Waals surface area contributed by atoms with E-state index in [2.05, 4.69) is 14.7 Å². The maximum Gasteiger partial charge on any atom is 0.471 e. The predicted molar refractivity (Wildman–Crippen MR) is 89.9 cm³/mol. The first-order valence-corrected chi connectivity index (χ1v) is 8.54. The Kier molecular flexibility index (Phi) is 4.16. The smallest absolute Gasteiger partial charge is 0.350 e. The number of aryl methyl sites for hydroxylation is 1. The van der Waals surface area contributed by atoms with Crippen molar-refractivity contribution >= 4 is 16.8 Å². The van der Waals surface area contributed by atoms with E-state index in [1.54, 1.807) is 4.90 Å². The van der Waals surface area contributed by atoms with Gasteiger partial charge in [0.1, 0.15) is 0 Å². The van der Waals surface area contributed by atoms with E-state index in [1.165, 1.54) is 0 Å². The molecule has 2 aromatic heterocycles. The van der Waals surface area contributed by atoms with Crippen LogP contribution in [0.25, 0.3) is 10.9 Å². The standard InChI is InChI=1S/C18H17F3N4O2/c1-24-9-12(13-4-2-3-5-14(13)24)8-15(26)25-7-6-11(10-25)16-22-17(27-23-16)18(19,20)21/h2-5,9,11H,6-8,10H2,1H3/t11-/m0/s1. The van der Waals surface area contributed by atoms with Gasteiger partial charge in [0.2, 0.25) is 5.91 Å². The Morgan fingerprint density at radius 2 is 2.11 bits per heavy atom. The molecule has 0 N–H and O–H groups in total. The van der Waals surface area contributed by atoms with Crippen LogP contribution >= 0.6 is 0 Å². The fourth-order valence-electron chi connectivity index (χ4n) is 3.55. The van der Waals surface area contributed by atoms with Crippen molar-refractivity contribution in [3.63, 3.8) is 0 Å². The largest absolute Gasteiger partial charge is 0.471 e. The second-order valence-corrected chi connectivity index (χ2v) is 6.74. The SMILES string of the molecule is Cn1cc(CC(=O)N2CC[C@H](c3noc(C(F)(F)F)n3)C2)c2ccccc21. The van der Waals surface area contributed by atoms with Crippen molar-refractivity contribution < 1.29 is 22.5 Å². The van der Waals surface area contributed by atoms with Crippen LogP contribution in [0.1, 0.15) is 29.6 Å². The molecule has 1 aromatic carbocycles. The number of aromatic nitrogens is 3. The third kappa shape index (κ3) is 3.29. The first kappa shape index (κ1) is 17.6. The van der Waals surface area contributed by atoms with Crippen molar-refractivity contribution in [1.82, 2.24) is 19.6 Å². The zero-order valence-corrected chi connectivity index (χ0v) is 14.5. The number of alkyl halides is 3. The van der Waals surface area contributed by atoms with Crippen LogP contribution in [0.15, 0.2) is 35.0 Å². The molecule has 6 nitrogen and oxygen atoms in total. The first-order valence-electron chi connectivity index (χ1n) is 8.54. The molecule has 1 atom stereocenters. The van der Waals surface area contributed by atoms with Crippen LogP contribution in [0.3, 0.4) is 0 Å². The molecule has 1 aliphatic heterocycles. The Labute approximate surface area is 152 Å². The van der Waals surface area contributed by atoms with E-state index in [-0.39, 0.29) is 24.1 Å². The fourth-order valence-corrected chi connectivity index (χ4v) is 3.55. The molecule has 4 rings (SSSR count). The van der Waals surface area contributed by atoms with Gasteiger partial charge >= 0.3 is 12.1 Å². The number of carbonyl (C=O) groups is 1. The lowest BCUT2D eigenvalue weighted by molar-refractivity contribution is -0.159. The maximum absolute atomic E-state index is 12.7. The summed E-state index contributed by atoms with van der Waals surface area (Å²) in [6, 6.07) is 7.84. The number of halogens is 3.